The number of hydrogen-bond donors (Lipinski definition) is 1. The molecule has 1 fully saturated rings. The Morgan fingerprint density at radius 1 is 1.39 bits per heavy atom. The third kappa shape index (κ3) is 3.35. The van der Waals surface area contributed by atoms with Gasteiger partial charge in [0, 0.05) is 19.0 Å². The van der Waals surface area contributed by atoms with Gasteiger partial charge in [0.2, 0.25) is 5.91 Å². The summed E-state index contributed by atoms with van der Waals surface area (Å²) in [7, 11) is 0. The molecule has 18 heavy (non-hydrogen) atoms. The molecule has 2 N–H and O–H groups in total. The second-order valence-corrected chi connectivity index (χ2v) is 4.93. The maximum absolute atomic E-state index is 12.2. The van der Waals surface area contributed by atoms with E-state index in [1.165, 1.54) is 19.3 Å². The van der Waals surface area contributed by atoms with Gasteiger partial charge in [-0.3, -0.25) is 4.79 Å². The van der Waals surface area contributed by atoms with E-state index in [1.807, 2.05) is 17.0 Å². The van der Waals surface area contributed by atoms with Crippen molar-refractivity contribution >= 4 is 5.91 Å². The Morgan fingerprint density at radius 3 is 2.78 bits per heavy atom. The molecule has 2 rings (SSSR count). The molecule has 1 aromatic heterocycles. The van der Waals surface area contributed by atoms with Gasteiger partial charge in [-0.25, -0.2) is 0 Å². The van der Waals surface area contributed by atoms with Crippen LogP contribution in [-0.4, -0.2) is 23.4 Å². The summed E-state index contributed by atoms with van der Waals surface area (Å²) < 4.78 is 5.36. The fraction of sp³-hybridized carbons (Fsp3) is 0.643. The molecule has 1 heterocycles. The van der Waals surface area contributed by atoms with Crippen LogP contribution >= 0.6 is 0 Å². The molecule has 1 saturated carbocycles. The van der Waals surface area contributed by atoms with Crippen molar-refractivity contribution in [2.75, 3.05) is 6.54 Å². The molecule has 0 atom stereocenters. The molecule has 1 aliphatic rings. The third-order valence-corrected chi connectivity index (χ3v) is 3.60. The largest absolute Gasteiger partial charge is 0.467 e. The van der Waals surface area contributed by atoms with Gasteiger partial charge in [-0.1, -0.05) is 19.3 Å². The van der Waals surface area contributed by atoms with Crippen LogP contribution in [0.1, 0.15) is 44.3 Å². The summed E-state index contributed by atoms with van der Waals surface area (Å²) in [5, 5.41) is 0. The van der Waals surface area contributed by atoms with Crippen molar-refractivity contribution in [3.05, 3.63) is 24.2 Å². The lowest BCUT2D eigenvalue weighted by atomic mass is 9.94. The molecule has 1 amide bonds. The van der Waals surface area contributed by atoms with Crippen molar-refractivity contribution in [1.29, 1.82) is 0 Å². The van der Waals surface area contributed by atoms with Gasteiger partial charge < -0.3 is 15.1 Å². The van der Waals surface area contributed by atoms with E-state index in [4.69, 9.17) is 10.2 Å². The van der Waals surface area contributed by atoms with Gasteiger partial charge in [-0.05, 0) is 25.0 Å². The minimum atomic E-state index is 0.154. The fourth-order valence-corrected chi connectivity index (χ4v) is 2.65. The van der Waals surface area contributed by atoms with Crippen LogP contribution < -0.4 is 5.73 Å². The van der Waals surface area contributed by atoms with Crippen LogP contribution in [0.4, 0.5) is 0 Å². The number of nitrogens with zero attached hydrogens (tertiary/aromatic N) is 1. The summed E-state index contributed by atoms with van der Waals surface area (Å²) in [5.41, 5.74) is 5.50. The van der Waals surface area contributed by atoms with Gasteiger partial charge in [-0.15, -0.1) is 0 Å². The van der Waals surface area contributed by atoms with Crippen LogP contribution in [0.2, 0.25) is 0 Å². The summed E-state index contributed by atoms with van der Waals surface area (Å²) in [4.78, 5) is 14.1. The van der Waals surface area contributed by atoms with Crippen LogP contribution in [0, 0.1) is 0 Å². The number of nitrogens with two attached hydrogens (primary N) is 1. The topological polar surface area (TPSA) is 59.5 Å². The number of hydrogen-bond acceptors (Lipinski definition) is 3. The van der Waals surface area contributed by atoms with Crippen molar-refractivity contribution in [3.63, 3.8) is 0 Å². The van der Waals surface area contributed by atoms with Crippen molar-refractivity contribution in [2.24, 2.45) is 5.73 Å². The summed E-state index contributed by atoms with van der Waals surface area (Å²) >= 11 is 0. The van der Waals surface area contributed by atoms with E-state index in [2.05, 4.69) is 0 Å². The monoisotopic (exact) mass is 250 g/mol. The Hall–Kier alpha value is -1.29. The molecule has 0 aliphatic heterocycles. The normalized spacial score (nSPS) is 16.7. The molecule has 0 aromatic carbocycles. The van der Waals surface area contributed by atoms with Crippen molar-refractivity contribution in [3.8, 4) is 0 Å². The van der Waals surface area contributed by atoms with Gasteiger partial charge in [0.25, 0.3) is 0 Å². The van der Waals surface area contributed by atoms with E-state index < -0.39 is 0 Å². The predicted molar refractivity (Wildman–Crippen MR) is 69.8 cm³/mol. The van der Waals surface area contributed by atoms with Crippen LogP contribution in [-0.2, 0) is 11.3 Å². The number of furan rings is 1. The lowest BCUT2D eigenvalue weighted by Crippen LogP contribution is -2.41. The van der Waals surface area contributed by atoms with Crippen LogP contribution in [0.25, 0.3) is 0 Å². The molecule has 1 aromatic rings. The number of carbonyl (C=O) groups excluding carboxylic acids is 1. The van der Waals surface area contributed by atoms with Crippen LogP contribution in [0.5, 0.6) is 0 Å². The molecule has 100 valence electrons. The van der Waals surface area contributed by atoms with Gasteiger partial charge in [-0.2, -0.15) is 0 Å². The highest BCUT2D eigenvalue weighted by Gasteiger charge is 2.25. The molecule has 1 aliphatic carbocycles. The van der Waals surface area contributed by atoms with Crippen molar-refractivity contribution in [1.82, 2.24) is 4.90 Å². The smallest absolute Gasteiger partial charge is 0.224 e. The van der Waals surface area contributed by atoms with E-state index in [9.17, 15) is 4.79 Å². The number of amides is 1. The Bertz CT molecular complexity index is 356. The van der Waals surface area contributed by atoms with Gasteiger partial charge >= 0.3 is 0 Å². The molecule has 0 unspecified atom stereocenters. The summed E-state index contributed by atoms with van der Waals surface area (Å²) in [6, 6.07) is 4.15. The third-order valence-electron chi connectivity index (χ3n) is 3.60. The molecule has 0 bridgehead atoms. The molecule has 4 heteroatoms. The van der Waals surface area contributed by atoms with E-state index >= 15 is 0 Å². The van der Waals surface area contributed by atoms with E-state index in [-0.39, 0.29) is 5.91 Å². The quantitative estimate of drug-likeness (QED) is 0.872. The average molecular weight is 250 g/mol. The van der Waals surface area contributed by atoms with Crippen molar-refractivity contribution in [2.45, 2.75) is 51.1 Å². The van der Waals surface area contributed by atoms with Crippen LogP contribution in [0.15, 0.2) is 22.8 Å². The zero-order chi connectivity index (χ0) is 12.8. The van der Waals surface area contributed by atoms with Gasteiger partial charge in [0.1, 0.15) is 5.76 Å². The first-order chi connectivity index (χ1) is 8.81. The Labute approximate surface area is 108 Å². The molecule has 0 radical (unpaired) electrons. The highest BCUT2D eigenvalue weighted by molar-refractivity contribution is 5.76. The van der Waals surface area contributed by atoms with E-state index in [0.29, 0.717) is 25.6 Å². The first kappa shape index (κ1) is 13.1. The highest BCUT2D eigenvalue weighted by Crippen LogP contribution is 2.24. The summed E-state index contributed by atoms with van der Waals surface area (Å²) in [5.74, 6) is 1.01. The maximum Gasteiger partial charge on any atom is 0.224 e. The van der Waals surface area contributed by atoms with Gasteiger partial charge in [0.15, 0.2) is 0 Å². The van der Waals surface area contributed by atoms with Gasteiger partial charge in [0.05, 0.1) is 12.8 Å². The molecular formula is C14H22N2O2. The standard InChI is InChI=1S/C14H22N2O2/c15-9-8-14(17)16(11-13-7-4-10-18-13)12-5-2-1-3-6-12/h4,7,10,12H,1-3,5-6,8-9,11,15H2. The SMILES string of the molecule is NCCC(=O)N(Cc1ccco1)C1CCCCC1. The molecule has 0 saturated heterocycles. The second-order valence-electron chi connectivity index (χ2n) is 4.93. The molecular weight excluding hydrogens is 228 g/mol. The highest BCUT2D eigenvalue weighted by atomic mass is 16.3. The van der Waals surface area contributed by atoms with Crippen LogP contribution in [0.3, 0.4) is 0 Å². The Balaban J connectivity index is 2.03. The van der Waals surface area contributed by atoms with E-state index in [0.717, 1.165) is 18.6 Å². The fourth-order valence-electron chi connectivity index (χ4n) is 2.65. The number of rotatable bonds is 5. The zero-order valence-electron chi connectivity index (χ0n) is 10.8. The zero-order valence-corrected chi connectivity index (χ0v) is 10.8. The lowest BCUT2D eigenvalue weighted by Gasteiger charge is -2.34. The predicted octanol–water partition coefficient (Wildman–Crippen LogP) is 2.29. The second kappa shape index (κ2) is 6.59. The van der Waals surface area contributed by atoms with E-state index in [1.54, 1.807) is 6.26 Å². The Kier molecular flexibility index (Phi) is 4.81. The number of carbonyl (C=O) groups is 1. The summed E-state index contributed by atoms with van der Waals surface area (Å²) in [6.45, 7) is 0.997. The molecule has 4 nitrogen and oxygen atoms in total. The lowest BCUT2D eigenvalue weighted by molar-refractivity contribution is -0.135. The first-order valence-electron chi connectivity index (χ1n) is 6.83. The van der Waals surface area contributed by atoms with Crippen molar-refractivity contribution < 1.29 is 9.21 Å². The maximum atomic E-state index is 12.2. The molecule has 0 spiro atoms. The minimum absolute atomic E-state index is 0.154. The first-order valence-corrected chi connectivity index (χ1v) is 6.83. The average Bonchev–Trinajstić information content (AvgIpc) is 2.90. The minimum Gasteiger partial charge on any atom is -0.467 e. The summed E-state index contributed by atoms with van der Waals surface area (Å²) in [6.07, 6.45) is 8.02. The Morgan fingerprint density at radius 2 is 2.17 bits per heavy atom.